The molecule has 0 spiro atoms. The summed E-state index contributed by atoms with van der Waals surface area (Å²) in [4.78, 5) is 16.0. The van der Waals surface area contributed by atoms with Crippen molar-refractivity contribution in [3.8, 4) is 11.5 Å². The predicted molar refractivity (Wildman–Crippen MR) is 79.9 cm³/mol. The van der Waals surface area contributed by atoms with Crippen LogP contribution in [0.25, 0.3) is 11.5 Å². The smallest absolute Gasteiger partial charge is 0.158 e. The van der Waals surface area contributed by atoms with Crippen LogP contribution in [-0.4, -0.2) is 55.8 Å². The quantitative estimate of drug-likeness (QED) is 0.907. The fourth-order valence-electron chi connectivity index (χ4n) is 2.89. The third-order valence-electron chi connectivity index (χ3n) is 3.98. The molecule has 0 amide bonds. The molecule has 1 aliphatic heterocycles. The van der Waals surface area contributed by atoms with Gasteiger partial charge in [0.05, 0.1) is 6.61 Å². The Bertz CT molecular complexity index is 624. The fraction of sp³-hybridized carbons (Fsp3) is 0.533. The molecule has 0 saturated carbocycles. The van der Waals surface area contributed by atoms with Gasteiger partial charge in [0.1, 0.15) is 11.5 Å². The lowest BCUT2D eigenvalue weighted by Crippen LogP contribution is -2.24. The molecule has 1 fully saturated rings. The van der Waals surface area contributed by atoms with Gasteiger partial charge in [-0.25, -0.2) is 15.0 Å². The van der Waals surface area contributed by atoms with Gasteiger partial charge in [-0.3, -0.25) is 0 Å². The van der Waals surface area contributed by atoms with Gasteiger partial charge < -0.3 is 14.6 Å². The minimum absolute atomic E-state index is 0.208. The zero-order valence-electron chi connectivity index (χ0n) is 12.5. The van der Waals surface area contributed by atoms with E-state index < -0.39 is 0 Å². The van der Waals surface area contributed by atoms with Crippen molar-refractivity contribution in [1.82, 2.24) is 24.4 Å². The molecular formula is C15H21N5O. The summed E-state index contributed by atoms with van der Waals surface area (Å²) >= 11 is 0. The van der Waals surface area contributed by atoms with Crippen LogP contribution in [0.1, 0.15) is 23.9 Å². The second-order valence-electron chi connectivity index (χ2n) is 5.62. The van der Waals surface area contributed by atoms with Crippen LogP contribution in [0, 0.1) is 6.92 Å². The van der Waals surface area contributed by atoms with Crippen molar-refractivity contribution in [3.63, 3.8) is 0 Å². The molecule has 6 nitrogen and oxygen atoms in total. The molecule has 1 atom stereocenters. The second-order valence-corrected chi connectivity index (χ2v) is 5.62. The Morgan fingerprint density at radius 3 is 2.95 bits per heavy atom. The summed E-state index contributed by atoms with van der Waals surface area (Å²) in [5.74, 6) is 2.11. The van der Waals surface area contributed by atoms with Gasteiger partial charge in [-0.05, 0) is 26.0 Å². The normalized spacial score (nSPS) is 19.3. The molecule has 21 heavy (non-hydrogen) atoms. The molecule has 2 aromatic heterocycles. The first-order chi connectivity index (χ1) is 10.2. The highest BCUT2D eigenvalue weighted by Crippen LogP contribution is 2.26. The van der Waals surface area contributed by atoms with E-state index >= 15 is 0 Å². The summed E-state index contributed by atoms with van der Waals surface area (Å²) in [6.07, 6.45) is 4.75. The highest BCUT2D eigenvalue weighted by Gasteiger charge is 2.26. The highest BCUT2D eigenvalue weighted by molar-refractivity contribution is 5.50. The Kier molecular flexibility index (Phi) is 3.98. The number of hydrogen-bond donors (Lipinski definition) is 1. The van der Waals surface area contributed by atoms with Gasteiger partial charge in [-0.2, -0.15) is 0 Å². The van der Waals surface area contributed by atoms with E-state index in [0.717, 1.165) is 49.1 Å². The first kappa shape index (κ1) is 14.2. The van der Waals surface area contributed by atoms with E-state index in [4.69, 9.17) is 10.1 Å². The number of rotatable bonds is 4. The van der Waals surface area contributed by atoms with Crippen LogP contribution < -0.4 is 0 Å². The van der Waals surface area contributed by atoms with E-state index in [1.54, 1.807) is 6.20 Å². The third-order valence-corrected chi connectivity index (χ3v) is 3.98. The van der Waals surface area contributed by atoms with Gasteiger partial charge in [0.25, 0.3) is 0 Å². The molecule has 0 radical (unpaired) electrons. The standard InChI is InChI=1S/C15H21N5O/c1-11-9-13(15-16-4-6-19(15)2)18-14(17-11)12-3-5-20(10-12)7-8-21/h4,6,9,12,21H,3,5,7-8,10H2,1-2H3/t12-/m0/s1. The lowest BCUT2D eigenvalue weighted by molar-refractivity contribution is 0.220. The number of likely N-dealkylation sites (tertiary alicyclic amines) is 1. The average molecular weight is 287 g/mol. The summed E-state index contributed by atoms with van der Waals surface area (Å²) in [6, 6.07) is 1.98. The van der Waals surface area contributed by atoms with Crippen LogP contribution in [0.2, 0.25) is 0 Å². The molecule has 2 aromatic rings. The van der Waals surface area contributed by atoms with E-state index in [1.165, 1.54) is 0 Å². The number of β-amino-alcohol motifs (C(OH)–C–C–N with tert-alkyl or cyclic N) is 1. The van der Waals surface area contributed by atoms with E-state index in [1.807, 2.05) is 30.8 Å². The van der Waals surface area contributed by atoms with Gasteiger partial charge >= 0.3 is 0 Å². The van der Waals surface area contributed by atoms with Crippen LogP contribution >= 0.6 is 0 Å². The zero-order valence-corrected chi connectivity index (χ0v) is 12.5. The van der Waals surface area contributed by atoms with E-state index in [-0.39, 0.29) is 6.61 Å². The average Bonchev–Trinajstić information content (AvgIpc) is 3.07. The first-order valence-electron chi connectivity index (χ1n) is 7.34. The third kappa shape index (κ3) is 2.96. The lowest BCUT2D eigenvalue weighted by Gasteiger charge is -2.14. The van der Waals surface area contributed by atoms with Crippen molar-refractivity contribution in [2.75, 3.05) is 26.2 Å². The Morgan fingerprint density at radius 2 is 2.24 bits per heavy atom. The van der Waals surface area contributed by atoms with Crippen molar-refractivity contribution in [2.24, 2.45) is 7.05 Å². The van der Waals surface area contributed by atoms with Crippen LogP contribution in [0.4, 0.5) is 0 Å². The maximum Gasteiger partial charge on any atom is 0.158 e. The number of aromatic nitrogens is 4. The zero-order chi connectivity index (χ0) is 14.8. The molecule has 112 valence electrons. The number of aliphatic hydroxyl groups is 1. The number of imidazole rings is 1. The molecule has 1 aliphatic rings. The minimum atomic E-state index is 0.208. The minimum Gasteiger partial charge on any atom is -0.395 e. The Balaban J connectivity index is 1.87. The van der Waals surface area contributed by atoms with Gasteiger partial charge in [0, 0.05) is 44.1 Å². The van der Waals surface area contributed by atoms with Crippen LogP contribution in [0.15, 0.2) is 18.5 Å². The maximum absolute atomic E-state index is 9.04. The lowest BCUT2D eigenvalue weighted by atomic mass is 10.1. The Labute approximate surface area is 124 Å². The van der Waals surface area contributed by atoms with Gasteiger partial charge in [0.15, 0.2) is 5.82 Å². The van der Waals surface area contributed by atoms with Gasteiger partial charge in [-0.1, -0.05) is 0 Å². The van der Waals surface area contributed by atoms with Crippen LogP contribution in [0.5, 0.6) is 0 Å². The monoisotopic (exact) mass is 287 g/mol. The van der Waals surface area contributed by atoms with Crippen LogP contribution in [-0.2, 0) is 7.05 Å². The van der Waals surface area contributed by atoms with Crippen molar-refractivity contribution in [3.05, 3.63) is 30.0 Å². The van der Waals surface area contributed by atoms with Crippen LogP contribution in [0.3, 0.4) is 0 Å². The molecule has 0 aromatic carbocycles. The molecule has 3 heterocycles. The van der Waals surface area contributed by atoms with Gasteiger partial charge in [-0.15, -0.1) is 0 Å². The topological polar surface area (TPSA) is 67.1 Å². The fourth-order valence-corrected chi connectivity index (χ4v) is 2.89. The number of aryl methyl sites for hydroxylation is 2. The summed E-state index contributed by atoms with van der Waals surface area (Å²) in [6.45, 7) is 4.86. The summed E-state index contributed by atoms with van der Waals surface area (Å²) in [7, 11) is 1.97. The molecule has 6 heteroatoms. The summed E-state index contributed by atoms with van der Waals surface area (Å²) in [5.41, 5.74) is 1.85. The van der Waals surface area contributed by atoms with Crippen molar-refractivity contribution >= 4 is 0 Å². The van der Waals surface area contributed by atoms with Gasteiger partial charge in [0.2, 0.25) is 0 Å². The van der Waals surface area contributed by atoms with E-state index in [2.05, 4.69) is 14.9 Å². The predicted octanol–water partition coefficient (Wildman–Crippen LogP) is 0.967. The number of hydrogen-bond acceptors (Lipinski definition) is 5. The second kappa shape index (κ2) is 5.91. The van der Waals surface area contributed by atoms with Crippen molar-refractivity contribution in [2.45, 2.75) is 19.3 Å². The Hall–Kier alpha value is -1.79. The summed E-state index contributed by atoms with van der Waals surface area (Å²) in [5, 5.41) is 9.04. The Morgan fingerprint density at radius 1 is 1.38 bits per heavy atom. The molecule has 1 saturated heterocycles. The molecule has 0 aliphatic carbocycles. The number of aliphatic hydroxyl groups excluding tert-OH is 1. The number of nitrogens with zero attached hydrogens (tertiary/aromatic N) is 5. The van der Waals surface area contributed by atoms with Crippen molar-refractivity contribution < 1.29 is 5.11 Å². The first-order valence-corrected chi connectivity index (χ1v) is 7.34. The highest BCUT2D eigenvalue weighted by atomic mass is 16.3. The largest absolute Gasteiger partial charge is 0.395 e. The molecule has 1 N–H and O–H groups in total. The maximum atomic E-state index is 9.04. The van der Waals surface area contributed by atoms with E-state index in [0.29, 0.717) is 5.92 Å². The molecule has 3 rings (SSSR count). The van der Waals surface area contributed by atoms with E-state index in [9.17, 15) is 0 Å². The molecule has 0 unspecified atom stereocenters. The summed E-state index contributed by atoms with van der Waals surface area (Å²) < 4.78 is 1.97. The molecule has 0 bridgehead atoms. The van der Waals surface area contributed by atoms with Crippen molar-refractivity contribution in [1.29, 1.82) is 0 Å². The molecular weight excluding hydrogens is 266 g/mol. The SMILES string of the molecule is Cc1cc(-c2nccn2C)nc([C@H]2CCN(CCO)C2)n1.